The van der Waals surface area contributed by atoms with Gasteiger partial charge in [-0.05, 0) is 51.0 Å². The Kier molecular flexibility index (Phi) is 5.86. The topological polar surface area (TPSA) is 121 Å². The molecular formula is C22H22FN5O5S. The van der Waals surface area contributed by atoms with Gasteiger partial charge in [0.25, 0.3) is 5.56 Å². The highest BCUT2D eigenvalue weighted by Crippen LogP contribution is 2.31. The molecule has 3 heterocycles. The van der Waals surface area contributed by atoms with E-state index >= 15 is 0 Å². The number of ether oxygens (including phenoxy) is 1. The normalized spacial score (nSPS) is 11.8. The highest BCUT2D eigenvalue weighted by atomic mass is 32.1. The molecule has 12 heteroatoms. The lowest BCUT2D eigenvalue weighted by Crippen LogP contribution is -2.52. The standard InChI is InChI=1S/C22H22FN5O5S/c1-12-16-17(29)27(22(2,3)20(30)31)21(32)26(19(16)34-18(12)28-24-8-9-25-28)10-7-13-11-14(23)5-6-15(13)33-4/h5-6,8-9,11H,7,10H2,1-4H3,(H,30,31). The highest BCUT2D eigenvalue weighted by Gasteiger charge is 2.35. The minimum Gasteiger partial charge on any atom is -0.496 e. The maximum Gasteiger partial charge on any atom is 0.333 e. The fraction of sp³-hybridized carbons (Fsp3) is 0.318. The first kappa shape index (κ1) is 23.4. The molecule has 4 aromatic rings. The number of aliphatic carboxylic acids is 1. The van der Waals surface area contributed by atoms with Gasteiger partial charge in [-0.1, -0.05) is 11.3 Å². The summed E-state index contributed by atoms with van der Waals surface area (Å²) in [5, 5.41) is 18.7. The average molecular weight is 488 g/mol. The molecule has 0 aliphatic heterocycles. The van der Waals surface area contributed by atoms with Gasteiger partial charge in [0, 0.05) is 12.1 Å². The molecule has 0 fully saturated rings. The zero-order valence-electron chi connectivity index (χ0n) is 18.9. The van der Waals surface area contributed by atoms with Crippen LogP contribution in [0.15, 0.2) is 40.2 Å². The van der Waals surface area contributed by atoms with E-state index in [0.717, 1.165) is 15.9 Å². The second kappa shape index (κ2) is 8.52. The van der Waals surface area contributed by atoms with Crippen molar-refractivity contribution < 1.29 is 19.0 Å². The van der Waals surface area contributed by atoms with Gasteiger partial charge in [0.1, 0.15) is 26.9 Å². The summed E-state index contributed by atoms with van der Waals surface area (Å²) in [5.74, 6) is -1.33. The van der Waals surface area contributed by atoms with Gasteiger partial charge in [-0.25, -0.2) is 18.5 Å². The Hall–Kier alpha value is -3.80. The second-order valence-electron chi connectivity index (χ2n) is 8.18. The van der Waals surface area contributed by atoms with Crippen LogP contribution in [0.5, 0.6) is 5.75 Å². The van der Waals surface area contributed by atoms with E-state index in [1.54, 1.807) is 6.92 Å². The summed E-state index contributed by atoms with van der Waals surface area (Å²) in [4.78, 5) is 40.6. The number of aryl methyl sites for hydroxylation is 3. The van der Waals surface area contributed by atoms with E-state index in [0.29, 0.717) is 26.7 Å². The number of aromatic nitrogens is 5. The molecule has 0 aliphatic rings. The Morgan fingerprint density at radius 3 is 2.53 bits per heavy atom. The van der Waals surface area contributed by atoms with Crippen molar-refractivity contribution in [1.29, 1.82) is 0 Å². The van der Waals surface area contributed by atoms with Crippen LogP contribution in [-0.4, -0.2) is 42.3 Å². The number of carboxylic acid groups (broad SMARTS) is 1. The van der Waals surface area contributed by atoms with E-state index in [4.69, 9.17) is 4.74 Å². The fourth-order valence-corrected chi connectivity index (χ4v) is 5.04. The summed E-state index contributed by atoms with van der Waals surface area (Å²) in [6.45, 7) is 4.33. The molecular weight excluding hydrogens is 465 g/mol. The first-order chi connectivity index (χ1) is 16.1. The lowest BCUT2D eigenvalue weighted by molar-refractivity contribution is -0.146. The van der Waals surface area contributed by atoms with Crippen LogP contribution in [-0.2, 0) is 23.3 Å². The average Bonchev–Trinajstić information content (AvgIpc) is 3.41. The molecule has 10 nitrogen and oxygen atoms in total. The van der Waals surface area contributed by atoms with Crippen LogP contribution < -0.4 is 16.0 Å². The maximum atomic E-state index is 13.9. The lowest BCUT2D eigenvalue weighted by atomic mass is 10.1. The van der Waals surface area contributed by atoms with Gasteiger partial charge in [-0.2, -0.15) is 10.2 Å². The molecule has 0 amide bonds. The summed E-state index contributed by atoms with van der Waals surface area (Å²) < 4.78 is 21.3. The van der Waals surface area contributed by atoms with E-state index in [1.807, 2.05) is 0 Å². The summed E-state index contributed by atoms with van der Waals surface area (Å²) in [6, 6.07) is 4.08. The van der Waals surface area contributed by atoms with E-state index in [1.165, 1.54) is 60.9 Å². The lowest BCUT2D eigenvalue weighted by Gasteiger charge is -2.23. The van der Waals surface area contributed by atoms with Crippen LogP contribution in [0.2, 0.25) is 0 Å². The Morgan fingerprint density at radius 2 is 1.91 bits per heavy atom. The van der Waals surface area contributed by atoms with Crippen molar-refractivity contribution in [3.05, 3.63) is 68.4 Å². The number of fused-ring (bicyclic) bond motifs is 1. The third-order valence-electron chi connectivity index (χ3n) is 5.72. The third kappa shape index (κ3) is 3.69. The quantitative estimate of drug-likeness (QED) is 0.425. The van der Waals surface area contributed by atoms with Gasteiger partial charge in [0.2, 0.25) is 0 Å². The number of benzene rings is 1. The molecule has 0 saturated carbocycles. The maximum absolute atomic E-state index is 13.9. The molecule has 4 rings (SSSR count). The number of carbonyl (C=O) groups is 1. The molecule has 0 saturated heterocycles. The van der Waals surface area contributed by atoms with E-state index in [2.05, 4.69) is 10.2 Å². The Balaban J connectivity index is 1.99. The summed E-state index contributed by atoms with van der Waals surface area (Å²) >= 11 is 1.15. The summed E-state index contributed by atoms with van der Waals surface area (Å²) in [6.07, 6.45) is 3.17. The minimum atomic E-state index is -1.81. The van der Waals surface area contributed by atoms with Crippen molar-refractivity contribution in [1.82, 2.24) is 24.1 Å². The monoisotopic (exact) mass is 487 g/mol. The van der Waals surface area contributed by atoms with Gasteiger partial charge >= 0.3 is 11.7 Å². The van der Waals surface area contributed by atoms with Crippen LogP contribution in [0, 0.1) is 12.7 Å². The Morgan fingerprint density at radius 1 is 1.24 bits per heavy atom. The largest absolute Gasteiger partial charge is 0.496 e. The number of halogens is 1. The number of methoxy groups -OCH3 is 1. The van der Waals surface area contributed by atoms with Crippen LogP contribution in [0.1, 0.15) is 25.0 Å². The SMILES string of the molecule is COc1ccc(F)cc1CCn1c(=O)n(C(C)(C)C(=O)O)c(=O)c2c(C)c(-n3nccn3)sc21. The van der Waals surface area contributed by atoms with Crippen molar-refractivity contribution in [3.8, 4) is 10.8 Å². The van der Waals surface area contributed by atoms with E-state index in [-0.39, 0.29) is 18.4 Å². The smallest absolute Gasteiger partial charge is 0.333 e. The fourth-order valence-electron chi connectivity index (χ4n) is 3.81. The third-order valence-corrected chi connectivity index (χ3v) is 7.00. The van der Waals surface area contributed by atoms with Crippen molar-refractivity contribution >= 4 is 27.5 Å². The predicted octanol–water partition coefficient (Wildman–Crippen LogP) is 2.32. The molecule has 3 aromatic heterocycles. The van der Waals surface area contributed by atoms with Crippen LogP contribution >= 0.6 is 11.3 Å². The Bertz CT molecular complexity index is 1520. The number of hydrogen-bond acceptors (Lipinski definition) is 7. The number of hydrogen-bond donors (Lipinski definition) is 1. The van der Waals surface area contributed by atoms with Gasteiger partial charge in [-0.3, -0.25) is 9.36 Å². The van der Waals surface area contributed by atoms with Crippen molar-refractivity contribution in [2.45, 2.75) is 39.3 Å². The van der Waals surface area contributed by atoms with Crippen molar-refractivity contribution in [2.75, 3.05) is 7.11 Å². The Labute approximate surface area is 196 Å². The molecule has 1 aromatic carbocycles. The molecule has 0 unspecified atom stereocenters. The summed E-state index contributed by atoms with van der Waals surface area (Å²) in [5.41, 5.74) is -2.24. The first-order valence-electron chi connectivity index (χ1n) is 10.3. The van der Waals surface area contributed by atoms with Crippen molar-refractivity contribution in [2.24, 2.45) is 0 Å². The van der Waals surface area contributed by atoms with E-state index in [9.17, 15) is 23.9 Å². The molecule has 1 N–H and O–H groups in total. The predicted molar refractivity (Wildman–Crippen MR) is 124 cm³/mol. The molecule has 0 atom stereocenters. The van der Waals surface area contributed by atoms with E-state index < -0.39 is 28.6 Å². The zero-order valence-corrected chi connectivity index (χ0v) is 19.7. The number of nitrogens with zero attached hydrogens (tertiary/aromatic N) is 5. The molecule has 0 bridgehead atoms. The first-order valence-corrected chi connectivity index (χ1v) is 11.1. The van der Waals surface area contributed by atoms with Gasteiger partial charge in [0.15, 0.2) is 0 Å². The van der Waals surface area contributed by atoms with Gasteiger partial charge in [0.05, 0.1) is 24.9 Å². The molecule has 34 heavy (non-hydrogen) atoms. The minimum absolute atomic E-state index is 0.0526. The van der Waals surface area contributed by atoms with Crippen LogP contribution in [0.25, 0.3) is 15.2 Å². The number of carboxylic acids is 1. The molecule has 0 spiro atoms. The van der Waals surface area contributed by atoms with Gasteiger partial charge in [-0.15, -0.1) is 4.80 Å². The number of thiophene rings is 1. The highest BCUT2D eigenvalue weighted by molar-refractivity contribution is 7.21. The number of rotatable bonds is 7. The molecule has 178 valence electrons. The zero-order chi connectivity index (χ0) is 24.8. The van der Waals surface area contributed by atoms with Crippen molar-refractivity contribution in [3.63, 3.8) is 0 Å². The molecule has 0 radical (unpaired) electrons. The molecule has 0 aliphatic carbocycles. The summed E-state index contributed by atoms with van der Waals surface area (Å²) in [7, 11) is 1.46. The second-order valence-corrected chi connectivity index (χ2v) is 9.15. The van der Waals surface area contributed by atoms with Gasteiger partial charge < -0.3 is 9.84 Å². The van der Waals surface area contributed by atoms with Crippen LogP contribution in [0.3, 0.4) is 0 Å². The van der Waals surface area contributed by atoms with Crippen LogP contribution in [0.4, 0.5) is 4.39 Å².